The van der Waals surface area contributed by atoms with E-state index < -0.39 is 61.5 Å². The van der Waals surface area contributed by atoms with Crippen LogP contribution in [0.2, 0.25) is 0 Å². The molecule has 0 saturated carbocycles. The van der Waals surface area contributed by atoms with Crippen LogP contribution in [0.15, 0.2) is 12.2 Å². The van der Waals surface area contributed by atoms with Crippen LogP contribution in [0, 0.1) is 0 Å². The van der Waals surface area contributed by atoms with Crippen molar-refractivity contribution in [1.82, 2.24) is 5.32 Å². The van der Waals surface area contributed by atoms with E-state index in [-0.39, 0.29) is 13.0 Å². The van der Waals surface area contributed by atoms with Crippen molar-refractivity contribution in [2.45, 2.75) is 275 Å². The van der Waals surface area contributed by atoms with E-state index in [1.807, 2.05) is 0 Å². The molecule has 0 spiro atoms. The minimum Gasteiger partial charge on any atom is -0.394 e. The molecule has 1 fully saturated rings. The lowest BCUT2D eigenvalue weighted by atomic mass is 9.99. The number of aliphatic hydroxyl groups is 6. The number of amides is 1. The van der Waals surface area contributed by atoms with Gasteiger partial charge in [-0.25, -0.2) is 0 Å². The molecular weight excluding hydrogens is 735 g/mol. The summed E-state index contributed by atoms with van der Waals surface area (Å²) >= 11 is 0. The van der Waals surface area contributed by atoms with Crippen LogP contribution in [-0.2, 0) is 14.3 Å². The molecule has 1 rings (SSSR count). The molecule has 1 heterocycles. The third-order valence-corrected chi connectivity index (χ3v) is 11.9. The first kappa shape index (κ1) is 54.9. The summed E-state index contributed by atoms with van der Waals surface area (Å²) < 4.78 is 11.2. The summed E-state index contributed by atoms with van der Waals surface area (Å²) in [6.07, 6.45) is 33.9. The Labute approximate surface area is 355 Å². The van der Waals surface area contributed by atoms with E-state index in [4.69, 9.17) is 9.47 Å². The monoisotopic (exact) mass is 828 g/mol. The number of hydrogen-bond acceptors (Lipinski definition) is 9. The first-order valence-corrected chi connectivity index (χ1v) is 24.5. The van der Waals surface area contributed by atoms with Crippen LogP contribution in [-0.4, -0.2) is 98.7 Å². The Hall–Kier alpha value is -1.11. The maximum Gasteiger partial charge on any atom is 0.249 e. The van der Waals surface area contributed by atoms with Crippen LogP contribution >= 0.6 is 0 Å². The predicted octanol–water partition coefficient (Wildman–Crippen LogP) is 9.48. The number of carbonyl (C=O) groups excluding carboxylic acids is 1. The molecule has 0 aromatic rings. The van der Waals surface area contributed by atoms with Crippen LogP contribution in [0.4, 0.5) is 0 Å². The zero-order valence-electron chi connectivity index (χ0n) is 37.4. The van der Waals surface area contributed by atoms with Gasteiger partial charge in [-0.1, -0.05) is 193 Å². The molecule has 10 nitrogen and oxygen atoms in total. The summed E-state index contributed by atoms with van der Waals surface area (Å²) in [6.45, 7) is 3.76. The number of aliphatic hydroxyl groups excluding tert-OH is 6. The molecule has 0 bridgehead atoms. The summed E-state index contributed by atoms with van der Waals surface area (Å²) in [7, 11) is 0. The summed E-state index contributed by atoms with van der Waals surface area (Å²) in [5, 5.41) is 64.7. The normalized spacial score (nSPS) is 21.4. The zero-order valence-corrected chi connectivity index (χ0v) is 37.4. The Morgan fingerprint density at radius 3 is 1.48 bits per heavy atom. The molecule has 1 amide bonds. The van der Waals surface area contributed by atoms with E-state index in [1.54, 1.807) is 0 Å². The summed E-state index contributed by atoms with van der Waals surface area (Å²) in [4.78, 5) is 13.1. The second-order valence-corrected chi connectivity index (χ2v) is 17.5. The highest BCUT2D eigenvalue weighted by Crippen LogP contribution is 2.23. The number of carbonyl (C=O) groups is 1. The van der Waals surface area contributed by atoms with Gasteiger partial charge in [0.05, 0.1) is 25.4 Å². The minimum atomic E-state index is -1.58. The first-order chi connectivity index (χ1) is 28.2. The first-order valence-electron chi connectivity index (χ1n) is 24.5. The molecule has 1 aliphatic heterocycles. The van der Waals surface area contributed by atoms with Gasteiger partial charge in [0.1, 0.15) is 30.5 Å². The van der Waals surface area contributed by atoms with Crippen LogP contribution in [0.5, 0.6) is 0 Å². The fourth-order valence-corrected chi connectivity index (χ4v) is 7.98. The fraction of sp³-hybridized carbons (Fsp3) is 0.938. The lowest BCUT2D eigenvalue weighted by Crippen LogP contribution is -2.59. The van der Waals surface area contributed by atoms with Crippen molar-refractivity contribution in [3.63, 3.8) is 0 Å². The second-order valence-electron chi connectivity index (χ2n) is 17.5. The van der Waals surface area contributed by atoms with Gasteiger partial charge in [0.25, 0.3) is 0 Å². The third-order valence-electron chi connectivity index (χ3n) is 11.9. The Kier molecular flexibility index (Phi) is 36.7. The van der Waals surface area contributed by atoms with E-state index in [2.05, 4.69) is 31.3 Å². The predicted molar refractivity (Wildman–Crippen MR) is 237 cm³/mol. The number of allylic oxidation sites excluding steroid dienone is 2. The van der Waals surface area contributed by atoms with Crippen molar-refractivity contribution in [2.24, 2.45) is 0 Å². The molecule has 0 aromatic heterocycles. The number of unbranched alkanes of at least 4 members (excludes halogenated alkanes) is 27. The quantitative estimate of drug-likeness (QED) is 0.0235. The van der Waals surface area contributed by atoms with Crippen molar-refractivity contribution in [2.75, 3.05) is 13.2 Å². The van der Waals surface area contributed by atoms with Crippen LogP contribution in [0.3, 0.4) is 0 Å². The van der Waals surface area contributed by atoms with Gasteiger partial charge in [0.2, 0.25) is 5.91 Å². The molecule has 8 atom stereocenters. The van der Waals surface area contributed by atoms with E-state index in [1.165, 1.54) is 154 Å². The van der Waals surface area contributed by atoms with E-state index >= 15 is 0 Å². The van der Waals surface area contributed by atoms with Gasteiger partial charge in [0.15, 0.2) is 6.29 Å². The topological polar surface area (TPSA) is 169 Å². The molecule has 0 aromatic carbocycles. The maximum absolute atomic E-state index is 13.1. The highest BCUT2D eigenvalue weighted by Gasteiger charge is 2.44. The summed E-state index contributed by atoms with van der Waals surface area (Å²) in [5.41, 5.74) is 0. The Morgan fingerprint density at radius 1 is 0.586 bits per heavy atom. The molecule has 0 radical (unpaired) electrons. The van der Waals surface area contributed by atoms with Crippen molar-refractivity contribution >= 4 is 5.91 Å². The summed E-state index contributed by atoms with van der Waals surface area (Å²) in [5.74, 6) is -0.541. The lowest BCUT2D eigenvalue weighted by molar-refractivity contribution is -0.302. The SMILES string of the molecule is CCCCCCCCCC=CCCCC(O)CC(COC1OC(CO)C(O)C(O)C1O)NC(=O)C(O)CCCCCCCCCCCCCCCCCCCCCC. The molecule has 344 valence electrons. The largest absolute Gasteiger partial charge is 0.394 e. The molecule has 0 aliphatic carbocycles. The van der Waals surface area contributed by atoms with Crippen molar-refractivity contribution < 1.29 is 44.9 Å². The van der Waals surface area contributed by atoms with E-state index in [9.17, 15) is 35.4 Å². The minimum absolute atomic E-state index is 0.164. The average molecular weight is 828 g/mol. The van der Waals surface area contributed by atoms with Crippen molar-refractivity contribution in [1.29, 1.82) is 0 Å². The van der Waals surface area contributed by atoms with Crippen molar-refractivity contribution in [3.8, 4) is 0 Å². The number of ether oxygens (including phenoxy) is 2. The van der Waals surface area contributed by atoms with Gasteiger partial charge < -0.3 is 45.4 Å². The molecule has 1 saturated heterocycles. The van der Waals surface area contributed by atoms with Crippen LogP contribution < -0.4 is 5.32 Å². The lowest BCUT2D eigenvalue weighted by Gasteiger charge is -2.40. The molecule has 1 aliphatic rings. The van der Waals surface area contributed by atoms with Gasteiger partial charge in [-0.3, -0.25) is 4.79 Å². The average Bonchev–Trinajstić information content (AvgIpc) is 3.22. The Balaban J connectivity index is 2.32. The van der Waals surface area contributed by atoms with Gasteiger partial charge in [-0.15, -0.1) is 0 Å². The highest BCUT2D eigenvalue weighted by atomic mass is 16.7. The Bertz CT molecular complexity index is 937. The van der Waals surface area contributed by atoms with Crippen LogP contribution in [0.25, 0.3) is 0 Å². The third kappa shape index (κ3) is 29.2. The smallest absolute Gasteiger partial charge is 0.249 e. The van der Waals surface area contributed by atoms with E-state index in [0.717, 1.165) is 38.5 Å². The molecular formula is C48H93NO9. The molecule has 10 heteroatoms. The maximum atomic E-state index is 13.1. The number of nitrogens with one attached hydrogen (secondary N) is 1. The standard InChI is InChI=1S/C48H93NO9/c1-3-5-7-9-11-13-15-17-18-19-20-21-22-23-24-26-28-30-32-34-36-42(52)47(56)49-40(39-57-48-46(55)45(54)44(53)43(38-50)58-48)37-41(51)35-33-31-29-27-25-16-14-12-10-8-6-4-2/h27,29,40-46,48,50-55H,3-26,28,30-39H2,1-2H3,(H,49,56). The molecule has 8 unspecified atom stereocenters. The van der Waals surface area contributed by atoms with Crippen molar-refractivity contribution in [3.05, 3.63) is 12.2 Å². The van der Waals surface area contributed by atoms with Crippen LogP contribution in [0.1, 0.15) is 226 Å². The van der Waals surface area contributed by atoms with Gasteiger partial charge in [0, 0.05) is 0 Å². The highest BCUT2D eigenvalue weighted by molar-refractivity contribution is 5.80. The van der Waals surface area contributed by atoms with E-state index in [0.29, 0.717) is 12.8 Å². The number of hydrogen-bond donors (Lipinski definition) is 7. The van der Waals surface area contributed by atoms with Gasteiger partial charge in [-0.05, 0) is 44.9 Å². The molecule has 7 N–H and O–H groups in total. The zero-order chi connectivity index (χ0) is 42.5. The second kappa shape index (κ2) is 38.8. The van der Waals surface area contributed by atoms with Gasteiger partial charge >= 0.3 is 0 Å². The summed E-state index contributed by atoms with van der Waals surface area (Å²) in [6, 6.07) is -0.702. The number of rotatable bonds is 41. The molecule has 58 heavy (non-hydrogen) atoms. The Morgan fingerprint density at radius 2 is 1.02 bits per heavy atom. The fourth-order valence-electron chi connectivity index (χ4n) is 7.98. The van der Waals surface area contributed by atoms with Gasteiger partial charge in [-0.2, -0.15) is 0 Å².